The summed E-state index contributed by atoms with van der Waals surface area (Å²) in [5.41, 5.74) is 4.68. The molecule has 0 heterocycles. The van der Waals surface area contributed by atoms with Crippen molar-refractivity contribution < 1.29 is 23.7 Å². The Morgan fingerprint density at radius 2 is 1.71 bits per heavy atom. The molecule has 0 bridgehead atoms. The van der Waals surface area contributed by atoms with Crippen molar-refractivity contribution in [2.75, 3.05) is 37.1 Å². The molecule has 0 radical (unpaired) electrons. The zero-order valence-corrected chi connectivity index (χ0v) is 13.0. The van der Waals surface area contributed by atoms with Crippen molar-refractivity contribution in [3.63, 3.8) is 0 Å². The Kier molecular flexibility index (Phi) is 6.91. The van der Waals surface area contributed by atoms with Crippen LogP contribution in [0.15, 0.2) is 29.2 Å². The number of hydrogen-bond acceptors (Lipinski definition) is 7. The number of aliphatic hydroxyl groups excluding tert-OH is 3. The Bertz CT molecular complexity index is 538. The quantitative estimate of drug-likeness (QED) is 0.288. The lowest BCUT2D eigenvalue weighted by Gasteiger charge is -2.28. The maximum atomic E-state index is 11.9. The number of nitrogens with two attached hydrogens (primary N) is 1. The third-order valence-electron chi connectivity index (χ3n) is 2.81. The highest BCUT2D eigenvalue weighted by Crippen LogP contribution is 2.24. The van der Waals surface area contributed by atoms with Crippen molar-refractivity contribution in [1.82, 2.24) is 4.72 Å². The standard InChI is InChI=1S/C12H20N2O5S2/c13-10-3-1-2-4-11(10)20-5-6-21(18,19)14-12(7-15,8-16)9-17/h1-4,14-17H,5-9,13H2. The first-order valence-electron chi connectivity index (χ1n) is 6.19. The molecule has 0 aliphatic heterocycles. The fourth-order valence-electron chi connectivity index (χ4n) is 1.50. The molecule has 0 amide bonds. The number of nitrogen functional groups attached to an aromatic ring is 1. The highest BCUT2D eigenvalue weighted by atomic mass is 32.2. The smallest absolute Gasteiger partial charge is 0.213 e. The van der Waals surface area contributed by atoms with Crippen molar-refractivity contribution in [3.05, 3.63) is 24.3 Å². The topological polar surface area (TPSA) is 133 Å². The largest absolute Gasteiger partial charge is 0.398 e. The van der Waals surface area contributed by atoms with Gasteiger partial charge in [0.15, 0.2) is 0 Å². The van der Waals surface area contributed by atoms with Gasteiger partial charge in [0.05, 0.1) is 25.6 Å². The van der Waals surface area contributed by atoms with Crippen molar-refractivity contribution in [3.8, 4) is 0 Å². The van der Waals surface area contributed by atoms with E-state index in [0.29, 0.717) is 5.69 Å². The summed E-state index contributed by atoms with van der Waals surface area (Å²) < 4.78 is 26.0. The zero-order valence-electron chi connectivity index (χ0n) is 11.4. The lowest BCUT2D eigenvalue weighted by molar-refractivity contribution is 0.0582. The van der Waals surface area contributed by atoms with Crippen LogP contribution in [0.1, 0.15) is 0 Å². The molecule has 120 valence electrons. The van der Waals surface area contributed by atoms with Crippen molar-refractivity contribution in [2.24, 2.45) is 0 Å². The van der Waals surface area contributed by atoms with Gasteiger partial charge in [-0.15, -0.1) is 11.8 Å². The molecule has 0 aromatic heterocycles. The lowest BCUT2D eigenvalue weighted by Crippen LogP contribution is -2.57. The number of rotatable bonds is 9. The Balaban J connectivity index is 2.59. The molecule has 1 aromatic rings. The fraction of sp³-hybridized carbons (Fsp3) is 0.500. The first-order chi connectivity index (χ1) is 9.88. The van der Waals surface area contributed by atoms with E-state index in [-0.39, 0.29) is 11.5 Å². The molecule has 1 aromatic carbocycles. The second-order valence-electron chi connectivity index (χ2n) is 4.56. The normalized spacial score (nSPS) is 12.5. The first kappa shape index (κ1) is 18.2. The monoisotopic (exact) mass is 336 g/mol. The van der Waals surface area contributed by atoms with E-state index in [0.717, 1.165) is 4.90 Å². The first-order valence-corrected chi connectivity index (χ1v) is 8.83. The Morgan fingerprint density at radius 3 is 2.24 bits per heavy atom. The van der Waals surface area contributed by atoms with Gasteiger partial charge in [-0.1, -0.05) is 12.1 Å². The molecule has 21 heavy (non-hydrogen) atoms. The second-order valence-corrected chi connectivity index (χ2v) is 7.54. The zero-order chi connectivity index (χ0) is 15.9. The van der Waals surface area contributed by atoms with Gasteiger partial charge in [-0.3, -0.25) is 0 Å². The van der Waals surface area contributed by atoms with E-state index >= 15 is 0 Å². The van der Waals surface area contributed by atoms with Crippen molar-refractivity contribution >= 4 is 27.5 Å². The Morgan fingerprint density at radius 1 is 1.14 bits per heavy atom. The third kappa shape index (κ3) is 5.46. The van der Waals surface area contributed by atoms with Gasteiger partial charge in [-0.2, -0.15) is 0 Å². The summed E-state index contributed by atoms with van der Waals surface area (Å²) in [5.74, 6) is 0.0235. The summed E-state index contributed by atoms with van der Waals surface area (Å²) >= 11 is 1.29. The van der Waals surface area contributed by atoms with Crippen molar-refractivity contribution in [2.45, 2.75) is 10.4 Å². The van der Waals surface area contributed by atoms with Crippen LogP contribution in [0, 0.1) is 0 Å². The predicted octanol–water partition coefficient (Wildman–Crippen LogP) is -1.00. The number of aliphatic hydroxyl groups is 3. The van der Waals surface area contributed by atoms with Crippen LogP contribution in [-0.4, -0.2) is 60.6 Å². The summed E-state index contributed by atoms with van der Waals surface area (Å²) in [6, 6.07) is 7.11. The number of benzene rings is 1. The minimum Gasteiger partial charge on any atom is -0.398 e. The van der Waals surface area contributed by atoms with E-state index in [4.69, 9.17) is 21.1 Å². The van der Waals surface area contributed by atoms with Gasteiger partial charge in [0.2, 0.25) is 10.0 Å². The minimum atomic E-state index is -3.75. The molecule has 7 nitrogen and oxygen atoms in total. The molecule has 9 heteroatoms. The van der Waals surface area contributed by atoms with Gasteiger partial charge in [0.1, 0.15) is 5.54 Å². The summed E-state index contributed by atoms with van der Waals surface area (Å²) in [5, 5.41) is 27.3. The maximum absolute atomic E-state index is 11.9. The fourth-order valence-corrected chi connectivity index (χ4v) is 4.30. The van der Waals surface area contributed by atoms with Crippen LogP contribution in [0.4, 0.5) is 5.69 Å². The molecule has 0 aliphatic rings. The SMILES string of the molecule is Nc1ccccc1SCCS(=O)(=O)NC(CO)(CO)CO. The highest BCUT2D eigenvalue weighted by Gasteiger charge is 2.32. The van der Waals surface area contributed by atoms with Crippen LogP contribution in [-0.2, 0) is 10.0 Å². The minimum absolute atomic E-state index is 0.228. The summed E-state index contributed by atoms with van der Waals surface area (Å²) in [4.78, 5) is 0.783. The number of thioether (sulfide) groups is 1. The van der Waals surface area contributed by atoms with Crippen LogP contribution in [0.25, 0.3) is 0 Å². The molecule has 0 saturated heterocycles. The van der Waals surface area contributed by atoms with Gasteiger partial charge in [-0.05, 0) is 12.1 Å². The summed E-state index contributed by atoms with van der Waals surface area (Å²) in [6.07, 6.45) is 0. The summed E-state index contributed by atoms with van der Waals surface area (Å²) in [6.45, 7) is -2.09. The van der Waals surface area contributed by atoms with Gasteiger partial charge in [0, 0.05) is 16.3 Å². The van der Waals surface area contributed by atoms with E-state index in [1.54, 1.807) is 24.3 Å². The number of para-hydroxylation sites is 1. The van der Waals surface area contributed by atoms with E-state index in [2.05, 4.69) is 4.72 Å². The van der Waals surface area contributed by atoms with E-state index in [1.807, 2.05) is 0 Å². The predicted molar refractivity (Wildman–Crippen MR) is 82.5 cm³/mol. The number of anilines is 1. The van der Waals surface area contributed by atoms with E-state index in [9.17, 15) is 8.42 Å². The number of sulfonamides is 1. The molecule has 1 rings (SSSR count). The highest BCUT2D eigenvalue weighted by molar-refractivity contribution is 8.00. The van der Waals surface area contributed by atoms with Gasteiger partial charge >= 0.3 is 0 Å². The average molecular weight is 336 g/mol. The van der Waals surface area contributed by atoms with Crippen LogP contribution in [0.5, 0.6) is 0 Å². The van der Waals surface area contributed by atoms with E-state index in [1.165, 1.54) is 11.8 Å². The third-order valence-corrected chi connectivity index (χ3v) is 5.64. The molecule has 0 unspecified atom stereocenters. The molecule has 0 spiro atoms. The van der Waals surface area contributed by atoms with Gasteiger partial charge < -0.3 is 21.1 Å². The van der Waals surface area contributed by atoms with E-state index < -0.39 is 35.4 Å². The Hall–Kier alpha value is -0.840. The van der Waals surface area contributed by atoms with Crippen LogP contribution < -0.4 is 10.5 Å². The second kappa shape index (κ2) is 7.97. The van der Waals surface area contributed by atoms with Crippen LogP contribution in [0.3, 0.4) is 0 Å². The van der Waals surface area contributed by atoms with Crippen molar-refractivity contribution in [1.29, 1.82) is 0 Å². The van der Waals surface area contributed by atoms with Gasteiger partial charge in [0.25, 0.3) is 0 Å². The molecule has 0 saturated carbocycles. The molecule has 0 aliphatic carbocycles. The Labute approximate surface area is 128 Å². The molecular weight excluding hydrogens is 316 g/mol. The van der Waals surface area contributed by atoms with Gasteiger partial charge in [-0.25, -0.2) is 13.1 Å². The molecular formula is C12H20N2O5S2. The molecule has 6 N–H and O–H groups in total. The number of hydrogen-bond donors (Lipinski definition) is 5. The lowest BCUT2D eigenvalue weighted by atomic mass is 10.1. The maximum Gasteiger partial charge on any atom is 0.213 e. The molecule has 0 fully saturated rings. The number of nitrogens with one attached hydrogen (secondary N) is 1. The van der Waals surface area contributed by atoms with Crippen LogP contribution in [0.2, 0.25) is 0 Å². The molecule has 0 atom stereocenters. The van der Waals surface area contributed by atoms with Crippen LogP contribution >= 0.6 is 11.8 Å². The summed E-state index contributed by atoms with van der Waals surface area (Å²) in [7, 11) is -3.75. The average Bonchev–Trinajstić information content (AvgIpc) is 2.47.